The highest BCUT2D eigenvalue weighted by Crippen LogP contribution is 2.40. The van der Waals surface area contributed by atoms with E-state index in [0.717, 1.165) is 16.7 Å². The molecule has 3 heteroatoms. The number of nitriles is 1. The van der Waals surface area contributed by atoms with Crippen molar-refractivity contribution in [2.24, 2.45) is 0 Å². The predicted molar refractivity (Wildman–Crippen MR) is 110 cm³/mol. The van der Waals surface area contributed by atoms with Gasteiger partial charge in [-0.1, -0.05) is 71.9 Å². The summed E-state index contributed by atoms with van der Waals surface area (Å²) in [4.78, 5) is 12.7. The lowest BCUT2D eigenvalue weighted by molar-refractivity contribution is 0.104. The Hall–Kier alpha value is -2.86. The number of aromatic hydroxyl groups is 1. The Morgan fingerprint density at radius 3 is 1.85 bits per heavy atom. The van der Waals surface area contributed by atoms with Crippen LogP contribution in [0.3, 0.4) is 0 Å². The molecule has 27 heavy (non-hydrogen) atoms. The molecule has 0 radical (unpaired) electrons. The molecule has 0 fully saturated rings. The second-order valence-electron chi connectivity index (χ2n) is 8.83. The van der Waals surface area contributed by atoms with E-state index in [0.29, 0.717) is 5.56 Å². The highest BCUT2D eigenvalue weighted by atomic mass is 16.3. The Morgan fingerprint density at radius 1 is 0.963 bits per heavy atom. The molecule has 1 N–H and O–H groups in total. The van der Waals surface area contributed by atoms with Gasteiger partial charge < -0.3 is 5.11 Å². The van der Waals surface area contributed by atoms with Gasteiger partial charge in [-0.3, -0.25) is 4.79 Å². The number of hydrogen-bond donors (Lipinski definition) is 1. The Balaban J connectivity index is 2.65. The first-order valence-corrected chi connectivity index (χ1v) is 9.04. The zero-order valence-corrected chi connectivity index (χ0v) is 16.9. The maximum atomic E-state index is 12.7. The zero-order valence-electron chi connectivity index (χ0n) is 16.9. The zero-order chi connectivity index (χ0) is 20.4. The van der Waals surface area contributed by atoms with E-state index in [-0.39, 0.29) is 27.9 Å². The van der Waals surface area contributed by atoms with E-state index in [1.54, 1.807) is 30.3 Å². The van der Waals surface area contributed by atoms with Crippen LogP contribution in [0.5, 0.6) is 5.75 Å². The molecule has 0 saturated carbocycles. The molecule has 2 aromatic carbocycles. The minimum absolute atomic E-state index is 0.0756. The van der Waals surface area contributed by atoms with Gasteiger partial charge in [0.15, 0.2) is 0 Å². The Kier molecular flexibility index (Phi) is 5.61. The number of ketones is 1. The third-order valence-electron chi connectivity index (χ3n) is 4.46. The summed E-state index contributed by atoms with van der Waals surface area (Å²) < 4.78 is 0. The van der Waals surface area contributed by atoms with Crippen LogP contribution in [0.15, 0.2) is 48.0 Å². The SMILES string of the molecule is CC(C)(C)c1cc(C=C(C#N)C(=O)c2ccccc2)cc(C(C)(C)C)c1O. The lowest BCUT2D eigenvalue weighted by atomic mass is 9.78. The molecule has 0 aliphatic rings. The molecule has 0 unspecified atom stereocenters. The van der Waals surface area contributed by atoms with Gasteiger partial charge in [-0.25, -0.2) is 0 Å². The second-order valence-corrected chi connectivity index (χ2v) is 8.83. The average molecular weight is 361 g/mol. The van der Waals surface area contributed by atoms with E-state index in [2.05, 4.69) is 0 Å². The number of hydrogen-bond acceptors (Lipinski definition) is 3. The van der Waals surface area contributed by atoms with Gasteiger partial charge in [0.2, 0.25) is 5.78 Å². The summed E-state index contributed by atoms with van der Waals surface area (Å²) >= 11 is 0. The van der Waals surface area contributed by atoms with Gasteiger partial charge in [-0.2, -0.15) is 5.26 Å². The van der Waals surface area contributed by atoms with Crippen LogP contribution >= 0.6 is 0 Å². The number of nitrogens with zero attached hydrogens (tertiary/aromatic N) is 1. The van der Waals surface area contributed by atoms with Crippen LogP contribution in [0.2, 0.25) is 0 Å². The lowest BCUT2D eigenvalue weighted by Gasteiger charge is -2.28. The first-order chi connectivity index (χ1) is 12.4. The Bertz CT molecular complexity index is 883. The van der Waals surface area contributed by atoms with Crippen LogP contribution in [-0.4, -0.2) is 10.9 Å². The van der Waals surface area contributed by atoms with Crippen molar-refractivity contribution in [1.82, 2.24) is 0 Å². The summed E-state index contributed by atoms with van der Waals surface area (Å²) in [6, 6.07) is 14.5. The van der Waals surface area contributed by atoms with Crippen LogP contribution in [0.4, 0.5) is 0 Å². The number of carbonyl (C=O) groups is 1. The number of carbonyl (C=O) groups excluding carboxylic acids is 1. The molecule has 0 spiro atoms. The molecule has 0 heterocycles. The topological polar surface area (TPSA) is 61.1 Å². The third kappa shape index (κ3) is 4.65. The summed E-state index contributed by atoms with van der Waals surface area (Å²) in [5.41, 5.74) is 2.34. The smallest absolute Gasteiger partial charge is 0.203 e. The maximum absolute atomic E-state index is 12.7. The van der Waals surface area contributed by atoms with Crippen LogP contribution in [0.1, 0.15) is 68.6 Å². The fourth-order valence-electron chi connectivity index (χ4n) is 2.94. The van der Waals surface area contributed by atoms with Crippen molar-refractivity contribution < 1.29 is 9.90 Å². The quantitative estimate of drug-likeness (QED) is 0.428. The highest BCUT2D eigenvalue weighted by molar-refractivity contribution is 6.14. The minimum Gasteiger partial charge on any atom is -0.507 e. The van der Waals surface area contributed by atoms with Crippen LogP contribution < -0.4 is 0 Å². The van der Waals surface area contributed by atoms with Crippen LogP contribution in [0.25, 0.3) is 6.08 Å². The molecular weight excluding hydrogens is 334 g/mol. The predicted octanol–water partition coefficient (Wildman–Crippen LogP) is 5.78. The molecule has 3 nitrogen and oxygen atoms in total. The lowest BCUT2D eigenvalue weighted by Crippen LogP contribution is -2.17. The molecular formula is C24H27NO2. The Labute approximate surface area is 162 Å². The standard InChI is InChI=1S/C24H27NO2/c1-23(2,3)19-13-16(14-20(22(19)27)24(4,5)6)12-18(15-25)21(26)17-10-8-7-9-11-17/h7-14,27H,1-6H3. The van der Waals surface area contributed by atoms with E-state index >= 15 is 0 Å². The molecule has 0 aliphatic heterocycles. The van der Waals surface area contributed by atoms with Crippen molar-refractivity contribution >= 4 is 11.9 Å². The van der Waals surface area contributed by atoms with Crippen molar-refractivity contribution in [3.05, 3.63) is 70.3 Å². The molecule has 0 atom stereocenters. The first kappa shape index (κ1) is 20.5. The molecule has 0 aliphatic carbocycles. The Morgan fingerprint density at radius 2 is 1.44 bits per heavy atom. The molecule has 0 bridgehead atoms. The summed E-state index contributed by atoms with van der Waals surface area (Å²) in [6.45, 7) is 12.2. The monoisotopic (exact) mass is 361 g/mol. The van der Waals surface area contributed by atoms with E-state index in [1.807, 2.05) is 65.8 Å². The number of allylic oxidation sites excluding steroid dienone is 1. The second kappa shape index (κ2) is 7.40. The first-order valence-electron chi connectivity index (χ1n) is 9.04. The number of Topliss-reactive ketones (excluding diaryl/α,β-unsaturated/α-hetero) is 1. The van der Waals surface area contributed by atoms with E-state index < -0.39 is 0 Å². The molecule has 2 rings (SSSR count). The van der Waals surface area contributed by atoms with Crippen molar-refractivity contribution in [3.8, 4) is 11.8 Å². The molecule has 140 valence electrons. The third-order valence-corrected chi connectivity index (χ3v) is 4.46. The number of phenolic OH excluding ortho intramolecular Hbond substituents is 1. The minimum atomic E-state index is -0.305. The van der Waals surface area contributed by atoms with Crippen molar-refractivity contribution in [2.45, 2.75) is 52.4 Å². The van der Waals surface area contributed by atoms with Gasteiger partial charge in [0, 0.05) is 16.7 Å². The van der Waals surface area contributed by atoms with E-state index in [4.69, 9.17) is 0 Å². The van der Waals surface area contributed by atoms with E-state index in [9.17, 15) is 15.2 Å². The number of rotatable bonds is 3. The summed E-state index contributed by atoms with van der Waals surface area (Å²) in [5, 5.41) is 20.4. The molecule has 2 aromatic rings. The average Bonchev–Trinajstić information content (AvgIpc) is 2.59. The molecule has 0 amide bonds. The van der Waals surface area contributed by atoms with Gasteiger partial charge in [0.25, 0.3) is 0 Å². The largest absolute Gasteiger partial charge is 0.507 e. The van der Waals surface area contributed by atoms with Gasteiger partial charge >= 0.3 is 0 Å². The van der Waals surface area contributed by atoms with Crippen molar-refractivity contribution in [1.29, 1.82) is 5.26 Å². The highest BCUT2D eigenvalue weighted by Gasteiger charge is 2.26. The summed E-state index contributed by atoms with van der Waals surface area (Å²) in [7, 11) is 0. The van der Waals surface area contributed by atoms with Crippen LogP contribution in [-0.2, 0) is 10.8 Å². The van der Waals surface area contributed by atoms with Crippen molar-refractivity contribution in [2.75, 3.05) is 0 Å². The maximum Gasteiger partial charge on any atom is 0.203 e. The van der Waals surface area contributed by atoms with E-state index in [1.165, 1.54) is 0 Å². The summed E-state index contributed by atoms with van der Waals surface area (Å²) in [6.07, 6.45) is 1.61. The molecule has 0 saturated heterocycles. The number of benzene rings is 2. The van der Waals surface area contributed by atoms with Gasteiger partial charge in [0.05, 0.1) is 0 Å². The molecule has 0 aromatic heterocycles. The summed E-state index contributed by atoms with van der Waals surface area (Å²) in [5.74, 6) is -0.0270. The normalized spacial score (nSPS) is 12.6. The van der Waals surface area contributed by atoms with Crippen molar-refractivity contribution in [3.63, 3.8) is 0 Å². The fourth-order valence-corrected chi connectivity index (χ4v) is 2.94. The number of phenols is 1. The van der Waals surface area contributed by atoms with Gasteiger partial charge in [-0.05, 0) is 34.6 Å². The van der Waals surface area contributed by atoms with Crippen LogP contribution in [0, 0.1) is 11.3 Å². The van der Waals surface area contributed by atoms with Gasteiger partial charge in [0.1, 0.15) is 17.4 Å². The van der Waals surface area contributed by atoms with Gasteiger partial charge in [-0.15, -0.1) is 0 Å². The fraction of sp³-hybridized carbons (Fsp3) is 0.333.